The van der Waals surface area contributed by atoms with Crippen molar-refractivity contribution >= 4 is 44.4 Å². The highest BCUT2D eigenvalue weighted by Crippen LogP contribution is 2.30. The topological polar surface area (TPSA) is 104 Å². The molecule has 0 radical (unpaired) electrons. The van der Waals surface area contributed by atoms with Crippen LogP contribution in [0, 0.1) is 0 Å². The zero-order chi connectivity index (χ0) is 20.2. The summed E-state index contributed by atoms with van der Waals surface area (Å²) in [7, 11) is 3.19. The molecule has 29 heavy (non-hydrogen) atoms. The van der Waals surface area contributed by atoms with Crippen molar-refractivity contribution < 1.29 is 14.3 Å². The highest BCUT2D eigenvalue weighted by Gasteiger charge is 2.15. The number of methoxy groups -OCH3 is 2. The number of amides is 1. The van der Waals surface area contributed by atoms with Crippen LogP contribution in [-0.2, 0) is 4.79 Å². The standard InChI is InChI=1S/C18H16N6O3S2/c1-26-11-7-8-12-15(9-11)29-17(19-12)20-16(25)10-28-18-21-22-23-24(18)13-5-3-4-6-14(13)27-2/h3-9H,10H2,1-2H3,(H,19,20,25). The first-order chi connectivity index (χ1) is 14.2. The van der Waals surface area contributed by atoms with Crippen molar-refractivity contribution in [1.82, 2.24) is 25.2 Å². The Bertz CT molecular complexity index is 1160. The second kappa shape index (κ2) is 8.45. The number of ether oxygens (including phenoxy) is 2. The van der Waals surface area contributed by atoms with Crippen LogP contribution in [0.4, 0.5) is 5.13 Å². The average molecular weight is 428 g/mol. The Balaban J connectivity index is 1.44. The first-order valence-electron chi connectivity index (χ1n) is 8.47. The van der Waals surface area contributed by atoms with Gasteiger partial charge in [0.05, 0.1) is 30.2 Å². The molecule has 0 unspecified atom stereocenters. The van der Waals surface area contributed by atoms with Gasteiger partial charge in [0.2, 0.25) is 11.1 Å². The predicted octanol–water partition coefficient (Wildman–Crippen LogP) is 3.02. The van der Waals surface area contributed by atoms with Gasteiger partial charge in [0.25, 0.3) is 0 Å². The van der Waals surface area contributed by atoms with Crippen molar-refractivity contribution in [2.75, 3.05) is 25.3 Å². The van der Waals surface area contributed by atoms with E-state index in [0.29, 0.717) is 21.7 Å². The molecule has 0 bridgehead atoms. The van der Waals surface area contributed by atoms with Gasteiger partial charge in [-0.15, -0.1) is 5.10 Å². The lowest BCUT2D eigenvalue weighted by atomic mass is 10.3. The fourth-order valence-electron chi connectivity index (χ4n) is 2.60. The summed E-state index contributed by atoms with van der Waals surface area (Å²) >= 11 is 2.61. The summed E-state index contributed by atoms with van der Waals surface area (Å²) in [6, 6.07) is 13.0. The number of rotatable bonds is 7. The number of benzene rings is 2. The van der Waals surface area contributed by atoms with Crippen molar-refractivity contribution in [1.29, 1.82) is 0 Å². The van der Waals surface area contributed by atoms with Crippen LogP contribution in [0.25, 0.3) is 15.9 Å². The molecule has 0 aliphatic rings. The van der Waals surface area contributed by atoms with E-state index in [9.17, 15) is 4.79 Å². The van der Waals surface area contributed by atoms with Crippen molar-refractivity contribution in [2.45, 2.75) is 5.16 Å². The van der Waals surface area contributed by atoms with E-state index in [2.05, 4.69) is 25.8 Å². The number of para-hydroxylation sites is 2. The minimum absolute atomic E-state index is 0.134. The molecule has 0 aliphatic carbocycles. The van der Waals surface area contributed by atoms with Gasteiger partial charge in [0.1, 0.15) is 17.2 Å². The smallest absolute Gasteiger partial charge is 0.236 e. The van der Waals surface area contributed by atoms with E-state index in [4.69, 9.17) is 9.47 Å². The Hall–Kier alpha value is -3.18. The molecule has 11 heteroatoms. The maximum atomic E-state index is 12.4. The molecule has 1 N–H and O–H groups in total. The molecule has 9 nitrogen and oxygen atoms in total. The third-order valence-corrected chi connectivity index (χ3v) is 5.78. The summed E-state index contributed by atoms with van der Waals surface area (Å²) in [5.41, 5.74) is 1.50. The molecule has 0 fully saturated rings. The molecule has 2 aromatic carbocycles. The lowest BCUT2D eigenvalue weighted by molar-refractivity contribution is -0.113. The monoisotopic (exact) mass is 428 g/mol. The van der Waals surface area contributed by atoms with Crippen molar-refractivity contribution in [3.63, 3.8) is 0 Å². The number of thioether (sulfide) groups is 1. The number of carbonyl (C=O) groups excluding carboxylic acids is 1. The van der Waals surface area contributed by atoms with Crippen LogP contribution in [0.3, 0.4) is 0 Å². The van der Waals surface area contributed by atoms with E-state index in [1.54, 1.807) is 18.9 Å². The normalized spacial score (nSPS) is 10.8. The van der Waals surface area contributed by atoms with Gasteiger partial charge in [0.15, 0.2) is 5.13 Å². The van der Waals surface area contributed by atoms with E-state index in [0.717, 1.165) is 16.0 Å². The van der Waals surface area contributed by atoms with E-state index in [1.165, 1.54) is 23.1 Å². The Morgan fingerprint density at radius 1 is 1.21 bits per heavy atom. The van der Waals surface area contributed by atoms with Crippen LogP contribution in [-0.4, -0.2) is 51.1 Å². The molecule has 0 saturated carbocycles. The summed E-state index contributed by atoms with van der Waals surface area (Å²) in [6.45, 7) is 0. The Morgan fingerprint density at radius 2 is 2.07 bits per heavy atom. The van der Waals surface area contributed by atoms with E-state index in [-0.39, 0.29) is 11.7 Å². The SMILES string of the molecule is COc1ccc2nc(NC(=O)CSc3nnnn3-c3ccccc3OC)sc2c1. The number of fused-ring (bicyclic) bond motifs is 1. The van der Waals surface area contributed by atoms with Gasteiger partial charge in [-0.25, -0.2) is 4.98 Å². The van der Waals surface area contributed by atoms with Gasteiger partial charge < -0.3 is 14.8 Å². The molecular formula is C18H16N6O3S2. The molecule has 2 aromatic heterocycles. The summed E-state index contributed by atoms with van der Waals surface area (Å²) in [4.78, 5) is 16.8. The Labute approximate surface area is 174 Å². The average Bonchev–Trinajstić information content (AvgIpc) is 3.37. The molecule has 2 heterocycles. The first kappa shape index (κ1) is 19.2. The van der Waals surface area contributed by atoms with Gasteiger partial charge in [-0.3, -0.25) is 4.79 Å². The van der Waals surface area contributed by atoms with Crippen LogP contribution in [0.1, 0.15) is 0 Å². The number of tetrazole rings is 1. The molecule has 4 rings (SSSR count). The van der Waals surface area contributed by atoms with E-state index in [1.807, 2.05) is 42.5 Å². The van der Waals surface area contributed by atoms with Gasteiger partial charge in [0, 0.05) is 0 Å². The van der Waals surface area contributed by atoms with Crippen LogP contribution in [0.15, 0.2) is 47.6 Å². The van der Waals surface area contributed by atoms with Crippen LogP contribution in [0.2, 0.25) is 0 Å². The third-order valence-electron chi connectivity index (χ3n) is 3.93. The fourth-order valence-corrected chi connectivity index (χ4v) is 4.19. The molecule has 4 aromatic rings. The molecule has 1 amide bonds. The summed E-state index contributed by atoms with van der Waals surface area (Å²) in [5, 5.41) is 15.6. The van der Waals surface area contributed by atoms with Crippen molar-refractivity contribution in [2.24, 2.45) is 0 Å². The summed E-state index contributed by atoms with van der Waals surface area (Å²) in [5.74, 6) is 1.32. The fraction of sp³-hybridized carbons (Fsp3) is 0.167. The highest BCUT2D eigenvalue weighted by atomic mass is 32.2. The van der Waals surface area contributed by atoms with E-state index < -0.39 is 0 Å². The Morgan fingerprint density at radius 3 is 2.90 bits per heavy atom. The van der Waals surface area contributed by atoms with Gasteiger partial charge >= 0.3 is 0 Å². The lowest BCUT2D eigenvalue weighted by Gasteiger charge is -2.08. The van der Waals surface area contributed by atoms with Crippen LogP contribution in [0.5, 0.6) is 11.5 Å². The van der Waals surface area contributed by atoms with Crippen molar-refractivity contribution in [3.8, 4) is 17.2 Å². The van der Waals surface area contributed by atoms with Crippen molar-refractivity contribution in [3.05, 3.63) is 42.5 Å². The number of carbonyl (C=O) groups is 1. The Kier molecular flexibility index (Phi) is 5.58. The second-order valence-electron chi connectivity index (χ2n) is 5.73. The molecule has 0 aliphatic heterocycles. The maximum absolute atomic E-state index is 12.4. The third kappa shape index (κ3) is 4.15. The maximum Gasteiger partial charge on any atom is 0.236 e. The first-order valence-corrected chi connectivity index (χ1v) is 10.3. The second-order valence-corrected chi connectivity index (χ2v) is 7.71. The molecule has 0 atom stereocenters. The summed E-state index contributed by atoms with van der Waals surface area (Å²) in [6.07, 6.45) is 0. The number of thiazole rings is 1. The molecule has 148 valence electrons. The van der Waals surface area contributed by atoms with Crippen LogP contribution >= 0.6 is 23.1 Å². The number of aromatic nitrogens is 5. The number of nitrogens with zero attached hydrogens (tertiary/aromatic N) is 5. The highest BCUT2D eigenvalue weighted by molar-refractivity contribution is 7.99. The van der Waals surface area contributed by atoms with Gasteiger partial charge in [-0.2, -0.15) is 4.68 Å². The number of nitrogens with one attached hydrogen (secondary N) is 1. The quantitative estimate of drug-likeness (QED) is 0.448. The number of hydrogen-bond acceptors (Lipinski definition) is 9. The lowest BCUT2D eigenvalue weighted by Crippen LogP contribution is -2.14. The predicted molar refractivity (Wildman–Crippen MR) is 111 cm³/mol. The molecule has 0 spiro atoms. The van der Waals surface area contributed by atoms with E-state index >= 15 is 0 Å². The van der Waals surface area contributed by atoms with Gasteiger partial charge in [-0.05, 0) is 40.8 Å². The zero-order valence-corrected chi connectivity index (χ0v) is 17.2. The molecular weight excluding hydrogens is 412 g/mol. The zero-order valence-electron chi connectivity index (χ0n) is 15.5. The largest absolute Gasteiger partial charge is 0.497 e. The minimum atomic E-state index is -0.199. The minimum Gasteiger partial charge on any atom is -0.497 e. The number of hydrogen-bond donors (Lipinski definition) is 1. The molecule has 0 saturated heterocycles. The summed E-state index contributed by atoms with van der Waals surface area (Å²) < 4.78 is 13.0. The number of anilines is 1. The van der Waals surface area contributed by atoms with Gasteiger partial charge in [-0.1, -0.05) is 35.2 Å². The van der Waals surface area contributed by atoms with Crippen LogP contribution < -0.4 is 14.8 Å².